The highest BCUT2D eigenvalue weighted by Crippen LogP contribution is 2.33. The van der Waals surface area contributed by atoms with Crippen LogP contribution in [0.2, 0.25) is 0 Å². The summed E-state index contributed by atoms with van der Waals surface area (Å²) in [5.41, 5.74) is 2.08. The summed E-state index contributed by atoms with van der Waals surface area (Å²) in [6.07, 6.45) is 0. The van der Waals surface area contributed by atoms with Gasteiger partial charge in [-0.2, -0.15) is 5.26 Å². The molecule has 1 aliphatic rings. The van der Waals surface area contributed by atoms with Crippen molar-refractivity contribution in [2.45, 2.75) is 6.92 Å². The Balaban J connectivity index is 1.52. The maximum atomic E-state index is 12.6. The fourth-order valence-electron chi connectivity index (χ4n) is 2.84. The van der Waals surface area contributed by atoms with E-state index in [9.17, 15) is 4.79 Å². The van der Waals surface area contributed by atoms with E-state index >= 15 is 0 Å². The van der Waals surface area contributed by atoms with Crippen LogP contribution in [0.1, 0.15) is 21.9 Å². The molecular formula is C21H17N5O3. The number of hydrogen-bond donors (Lipinski definition) is 2. The molecule has 0 bridgehead atoms. The van der Waals surface area contributed by atoms with Gasteiger partial charge in [0, 0.05) is 23.5 Å². The minimum atomic E-state index is -0.370. The van der Waals surface area contributed by atoms with Crippen molar-refractivity contribution in [1.82, 2.24) is 9.97 Å². The molecule has 1 aliphatic heterocycles. The summed E-state index contributed by atoms with van der Waals surface area (Å²) < 4.78 is 11.1. The van der Waals surface area contributed by atoms with Crippen molar-refractivity contribution in [3.63, 3.8) is 0 Å². The third-order valence-electron chi connectivity index (χ3n) is 4.16. The fraction of sp³-hybridized carbons (Fsp3) is 0.143. The average Bonchev–Trinajstić information content (AvgIpc) is 2.74. The molecule has 2 N–H and O–H groups in total. The second-order valence-corrected chi connectivity index (χ2v) is 6.31. The molecule has 3 aromatic rings. The van der Waals surface area contributed by atoms with Crippen molar-refractivity contribution >= 4 is 23.1 Å². The number of aryl methyl sites for hydroxylation is 1. The van der Waals surface area contributed by atoms with E-state index in [0.717, 1.165) is 5.69 Å². The zero-order chi connectivity index (χ0) is 20.2. The minimum absolute atomic E-state index is 0.224. The number of nitriles is 1. The molecular weight excluding hydrogens is 370 g/mol. The van der Waals surface area contributed by atoms with E-state index in [0.29, 0.717) is 47.6 Å². The summed E-state index contributed by atoms with van der Waals surface area (Å²) in [4.78, 5) is 21.1. The van der Waals surface area contributed by atoms with Crippen LogP contribution in [0.15, 0.2) is 48.5 Å². The topological polar surface area (TPSA) is 109 Å². The maximum absolute atomic E-state index is 12.6. The van der Waals surface area contributed by atoms with Gasteiger partial charge in [0.25, 0.3) is 5.91 Å². The third-order valence-corrected chi connectivity index (χ3v) is 4.16. The third kappa shape index (κ3) is 4.25. The molecule has 0 radical (unpaired) electrons. The van der Waals surface area contributed by atoms with Gasteiger partial charge < -0.3 is 20.1 Å². The number of anilines is 3. The van der Waals surface area contributed by atoms with Crippen LogP contribution in [0.25, 0.3) is 0 Å². The molecule has 0 unspecified atom stereocenters. The monoisotopic (exact) mass is 387 g/mol. The Bertz CT molecular complexity index is 1110. The van der Waals surface area contributed by atoms with Crippen LogP contribution in [0, 0.1) is 18.3 Å². The van der Waals surface area contributed by atoms with Crippen LogP contribution in [0.4, 0.5) is 17.2 Å². The number of nitrogens with one attached hydrogen (secondary N) is 2. The number of hydrogen-bond acceptors (Lipinski definition) is 7. The Kier molecular flexibility index (Phi) is 4.95. The van der Waals surface area contributed by atoms with Gasteiger partial charge >= 0.3 is 0 Å². The van der Waals surface area contributed by atoms with Crippen molar-refractivity contribution in [1.29, 1.82) is 5.26 Å². The van der Waals surface area contributed by atoms with Crippen LogP contribution >= 0.6 is 0 Å². The van der Waals surface area contributed by atoms with Crippen LogP contribution in [0.5, 0.6) is 11.5 Å². The molecule has 144 valence electrons. The number of aromatic nitrogens is 2. The van der Waals surface area contributed by atoms with Crippen LogP contribution in [-0.4, -0.2) is 29.1 Å². The Hall–Kier alpha value is -4.12. The van der Waals surface area contributed by atoms with E-state index in [1.165, 1.54) is 0 Å². The lowest BCUT2D eigenvalue weighted by atomic mass is 10.2. The van der Waals surface area contributed by atoms with Crippen molar-refractivity contribution in [2.24, 2.45) is 0 Å². The molecule has 0 fully saturated rings. The molecule has 4 rings (SSSR count). The van der Waals surface area contributed by atoms with Crippen molar-refractivity contribution < 1.29 is 14.3 Å². The molecule has 29 heavy (non-hydrogen) atoms. The first kappa shape index (κ1) is 18.3. The second-order valence-electron chi connectivity index (χ2n) is 6.31. The van der Waals surface area contributed by atoms with Gasteiger partial charge in [-0.15, -0.1) is 0 Å². The van der Waals surface area contributed by atoms with E-state index in [2.05, 4.69) is 20.6 Å². The number of fused-ring (bicyclic) bond motifs is 1. The number of ether oxygens (including phenoxy) is 2. The number of benzene rings is 2. The predicted molar refractivity (Wildman–Crippen MR) is 107 cm³/mol. The zero-order valence-electron chi connectivity index (χ0n) is 15.6. The number of rotatable bonds is 4. The lowest BCUT2D eigenvalue weighted by Crippen LogP contribution is -2.16. The van der Waals surface area contributed by atoms with Gasteiger partial charge in [0.15, 0.2) is 11.5 Å². The highest BCUT2D eigenvalue weighted by atomic mass is 16.6. The van der Waals surface area contributed by atoms with Gasteiger partial charge in [0.1, 0.15) is 30.5 Å². The van der Waals surface area contributed by atoms with E-state index in [-0.39, 0.29) is 11.6 Å². The number of amides is 1. The van der Waals surface area contributed by atoms with Crippen LogP contribution in [-0.2, 0) is 0 Å². The summed E-state index contributed by atoms with van der Waals surface area (Å²) in [7, 11) is 0. The largest absolute Gasteiger partial charge is 0.486 e. The Labute approximate surface area is 167 Å². The SMILES string of the molecule is Cc1nc(Nc2ccc3c(c2)OCCO3)cc(C(=O)Nc2ccc(C#N)cc2)n1. The van der Waals surface area contributed by atoms with Crippen molar-refractivity contribution in [3.8, 4) is 17.6 Å². The van der Waals surface area contributed by atoms with E-state index in [1.807, 2.05) is 24.3 Å². The summed E-state index contributed by atoms with van der Waals surface area (Å²) in [6, 6.07) is 15.7. The smallest absolute Gasteiger partial charge is 0.274 e. The molecule has 0 atom stereocenters. The first-order valence-electron chi connectivity index (χ1n) is 8.94. The quantitative estimate of drug-likeness (QED) is 0.706. The number of nitrogens with zero attached hydrogens (tertiary/aromatic N) is 3. The van der Waals surface area contributed by atoms with Crippen molar-refractivity contribution in [3.05, 3.63) is 65.6 Å². The van der Waals surface area contributed by atoms with Gasteiger partial charge in [-0.3, -0.25) is 4.79 Å². The Morgan fingerprint density at radius 1 is 1.00 bits per heavy atom. The molecule has 0 aliphatic carbocycles. The molecule has 2 heterocycles. The van der Waals surface area contributed by atoms with Crippen molar-refractivity contribution in [2.75, 3.05) is 23.8 Å². The van der Waals surface area contributed by atoms with Gasteiger partial charge in [-0.25, -0.2) is 9.97 Å². The molecule has 8 nitrogen and oxygen atoms in total. The molecule has 0 saturated heterocycles. The molecule has 0 saturated carbocycles. The first-order chi connectivity index (χ1) is 14.1. The van der Waals surface area contributed by atoms with Gasteiger partial charge in [0.05, 0.1) is 11.6 Å². The van der Waals surface area contributed by atoms with E-state index < -0.39 is 0 Å². The average molecular weight is 387 g/mol. The number of carbonyl (C=O) groups is 1. The fourth-order valence-corrected chi connectivity index (χ4v) is 2.84. The minimum Gasteiger partial charge on any atom is -0.486 e. The lowest BCUT2D eigenvalue weighted by molar-refractivity contribution is 0.102. The molecule has 0 spiro atoms. The summed E-state index contributed by atoms with van der Waals surface area (Å²) in [6.45, 7) is 2.75. The maximum Gasteiger partial charge on any atom is 0.274 e. The summed E-state index contributed by atoms with van der Waals surface area (Å²) >= 11 is 0. The predicted octanol–water partition coefficient (Wildman–Crippen LogP) is 3.42. The molecule has 2 aromatic carbocycles. The highest BCUT2D eigenvalue weighted by molar-refractivity contribution is 6.03. The van der Waals surface area contributed by atoms with Crippen LogP contribution in [0.3, 0.4) is 0 Å². The van der Waals surface area contributed by atoms with Gasteiger partial charge in [-0.05, 0) is 43.3 Å². The Morgan fingerprint density at radius 3 is 2.48 bits per heavy atom. The van der Waals surface area contributed by atoms with E-state index in [4.69, 9.17) is 14.7 Å². The second kappa shape index (κ2) is 7.86. The molecule has 1 aromatic heterocycles. The van der Waals surface area contributed by atoms with Crippen LogP contribution < -0.4 is 20.1 Å². The first-order valence-corrected chi connectivity index (χ1v) is 8.94. The highest BCUT2D eigenvalue weighted by Gasteiger charge is 2.14. The van der Waals surface area contributed by atoms with Gasteiger partial charge in [-0.1, -0.05) is 0 Å². The number of carbonyl (C=O) groups excluding carboxylic acids is 1. The molecule has 1 amide bonds. The zero-order valence-corrected chi connectivity index (χ0v) is 15.6. The molecule has 8 heteroatoms. The van der Waals surface area contributed by atoms with E-state index in [1.54, 1.807) is 37.3 Å². The normalized spacial score (nSPS) is 12.0. The van der Waals surface area contributed by atoms with Gasteiger partial charge in [0.2, 0.25) is 0 Å². The Morgan fingerprint density at radius 2 is 1.72 bits per heavy atom. The summed E-state index contributed by atoms with van der Waals surface area (Å²) in [5.74, 6) is 1.93. The standard InChI is InChI=1S/C21H17N5O3/c1-13-23-17(21(27)26-15-4-2-14(12-22)3-5-15)11-20(24-13)25-16-6-7-18-19(10-16)29-9-8-28-18/h2-7,10-11H,8-9H2,1H3,(H,26,27)(H,23,24,25). The summed E-state index contributed by atoms with van der Waals surface area (Å²) in [5, 5.41) is 14.8. The lowest BCUT2D eigenvalue weighted by Gasteiger charge is -2.19.